The number of benzene rings is 2. The van der Waals surface area contributed by atoms with Gasteiger partial charge in [-0.3, -0.25) is 9.59 Å². The van der Waals surface area contributed by atoms with Crippen molar-refractivity contribution in [1.82, 2.24) is 5.32 Å². The van der Waals surface area contributed by atoms with Crippen LogP contribution in [0.25, 0.3) is 0 Å². The SMILES string of the molecule is COc1cccc([C@@H]2CC(=O)C3=C(C2)NC(=O)C[C@H]3c2ccc(OC)cc2OC)c1. The van der Waals surface area contributed by atoms with Gasteiger partial charge < -0.3 is 19.5 Å². The average Bonchev–Trinajstić information content (AvgIpc) is 2.77. The summed E-state index contributed by atoms with van der Waals surface area (Å²) in [5.41, 5.74) is 3.27. The third-order valence-corrected chi connectivity index (χ3v) is 5.92. The number of hydrogen-bond donors (Lipinski definition) is 1. The lowest BCUT2D eigenvalue weighted by atomic mass is 9.73. The molecule has 2 aromatic carbocycles. The van der Waals surface area contributed by atoms with E-state index in [0.29, 0.717) is 29.9 Å². The number of Topliss-reactive ketones (excluding diaryl/α,β-unsaturated/α-hetero) is 1. The molecule has 0 radical (unpaired) electrons. The fraction of sp³-hybridized carbons (Fsp3) is 0.333. The van der Waals surface area contributed by atoms with Gasteiger partial charge in [0.2, 0.25) is 5.91 Å². The Morgan fingerprint density at radius 1 is 0.867 bits per heavy atom. The van der Waals surface area contributed by atoms with Gasteiger partial charge >= 0.3 is 0 Å². The molecule has 1 aliphatic carbocycles. The summed E-state index contributed by atoms with van der Waals surface area (Å²) < 4.78 is 16.2. The van der Waals surface area contributed by atoms with Crippen LogP contribution >= 0.6 is 0 Å². The van der Waals surface area contributed by atoms with Crippen molar-refractivity contribution in [2.75, 3.05) is 21.3 Å². The molecule has 4 rings (SSSR count). The number of rotatable bonds is 5. The molecule has 2 aliphatic rings. The van der Waals surface area contributed by atoms with E-state index in [4.69, 9.17) is 14.2 Å². The van der Waals surface area contributed by atoms with Crippen molar-refractivity contribution in [2.24, 2.45) is 0 Å². The van der Waals surface area contributed by atoms with Crippen LogP contribution < -0.4 is 19.5 Å². The lowest BCUT2D eigenvalue weighted by Gasteiger charge is -2.35. The Morgan fingerprint density at radius 2 is 1.63 bits per heavy atom. The van der Waals surface area contributed by atoms with Gasteiger partial charge in [-0.15, -0.1) is 0 Å². The molecule has 0 spiro atoms. The average molecular weight is 407 g/mol. The first-order valence-corrected chi connectivity index (χ1v) is 9.96. The molecule has 2 atom stereocenters. The fourth-order valence-electron chi connectivity index (χ4n) is 4.46. The standard InChI is InChI=1S/C24H25NO5/c1-28-16-6-4-5-14(9-16)15-10-20-24(21(26)11-15)19(13-23(27)25-20)18-8-7-17(29-2)12-22(18)30-3/h4-9,12,15,19H,10-11,13H2,1-3H3,(H,25,27)/t15-,19-/m0/s1. The molecule has 156 valence electrons. The lowest BCUT2D eigenvalue weighted by molar-refractivity contribution is -0.122. The molecule has 0 aromatic heterocycles. The number of allylic oxidation sites excluding steroid dienone is 2. The maximum Gasteiger partial charge on any atom is 0.225 e. The minimum absolute atomic E-state index is 0.00293. The summed E-state index contributed by atoms with van der Waals surface area (Å²) in [5, 5.41) is 2.96. The van der Waals surface area contributed by atoms with Gasteiger partial charge in [0.1, 0.15) is 17.2 Å². The summed E-state index contributed by atoms with van der Waals surface area (Å²) >= 11 is 0. The highest BCUT2D eigenvalue weighted by atomic mass is 16.5. The van der Waals surface area contributed by atoms with Crippen molar-refractivity contribution in [3.63, 3.8) is 0 Å². The molecule has 6 nitrogen and oxygen atoms in total. The molecule has 0 saturated heterocycles. The molecule has 30 heavy (non-hydrogen) atoms. The van der Waals surface area contributed by atoms with Crippen LogP contribution in [0.4, 0.5) is 0 Å². The number of nitrogens with one attached hydrogen (secondary N) is 1. The van der Waals surface area contributed by atoms with Crippen molar-refractivity contribution >= 4 is 11.7 Å². The number of amides is 1. The van der Waals surface area contributed by atoms with Crippen LogP contribution in [0, 0.1) is 0 Å². The number of ketones is 1. The highest BCUT2D eigenvalue weighted by Crippen LogP contribution is 2.45. The maximum absolute atomic E-state index is 13.3. The van der Waals surface area contributed by atoms with E-state index in [1.807, 2.05) is 36.4 Å². The second-order valence-electron chi connectivity index (χ2n) is 7.61. The second-order valence-corrected chi connectivity index (χ2v) is 7.61. The minimum atomic E-state index is -0.326. The fourth-order valence-corrected chi connectivity index (χ4v) is 4.46. The molecule has 0 fully saturated rings. The summed E-state index contributed by atoms with van der Waals surface area (Å²) in [4.78, 5) is 25.8. The highest BCUT2D eigenvalue weighted by molar-refractivity contribution is 6.02. The monoisotopic (exact) mass is 407 g/mol. The Morgan fingerprint density at radius 3 is 2.37 bits per heavy atom. The minimum Gasteiger partial charge on any atom is -0.497 e. The van der Waals surface area contributed by atoms with Crippen LogP contribution in [-0.4, -0.2) is 33.0 Å². The maximum atomic E-state index is 13.3. The Labute approximate surface area is 175 Å². The molecule has 1 N–H and O–H groups in total. The van der Waals surface area contributed by atoms with Crippen molar-refractivity contribution in [3.05, 3.63) is 64.9 Å². The van der Waals surface area contributed by atoms with Gasteiger partial charge in [-0.05, 0) is 36.1 Å². The van der Waals surface area contributed by atoms with E-state index in [0.717, 1.165) is 22.6 Å². The predicted octanol–water partition coefficient (Wildman–Crippen LogP) is 3.72. The largest absolute Gasteiger partial charge is 0.497 e. The number of hydrogen-bond acceptors (Lipinski definition) is 5. The third kappa shape index (κ3) is 3.65. The van der Waals surface area contributed by atoms with Gasteiger partial charge in [0.05, 0.1) is 21.3 Å². The normalized spacial score (nSPS) is 21.0. The molecule has 1 amide bonds. The van der Waals surface area contributed by atoms with Crippen LogP contribution in [0.5, 0.6) is 17.2 Å². The molecule has 6 heteroatoms. The van der Waals surface area contributed by atoms with E-state index in [2.05, 4.69) is 5.32 Å². The van der Waals surface area contributed by atoms with Crippen molar-refractivity contribution < 1.29 is 23.8 Å². The van der Waals surface area contributed by atoms with Crippen molar-refractivity contribution in [3.8, 4) is 17.2 Å². The van der Waals surface area contributed by atoms with E-state index in [1.54, 1.807) is 27.4 Å². The molecule has 1 heterocycles. The summed E-state index contributed by atoms with van der Waals surface area (Å²) in [6.45, 7) is 0. The Hall–Kier alpha value is -3.28. The molecular weight excluding hydrogens is 382 g/mol. The van der Waals surface area contributed by atoms with Gasteiger partial charge in [0.15, 0.2) is 5.78 Å². The van der Waals surface area contributed by atoms with Crippen LogP contribution in [0.3, 0.4) is 0 Å². The van der Waals surface area contributed by atoms with Crippen LogP contribution in [0.15, 0.2) is 53.7 Å². The number of ether oxygens (including phenoxy) is 3. The quantitative estimate of drug-likeness (QED) is 0.818. The van der Waals surface area contributed by atoms with E-state index < -0.39 is 0 Å². The molecule has 2 aromatic rings. The van der Waals surface area contributed by atoms with Gasteiger partial charge in [0.25, 0.3) is 0 Å². The zero-order valence-corrected chi connectivity index (χ0v) is 17.4. The zero-order valence-electron chi connectivity index (χ0n) is 17.4. The summed E-state index contributed by atoms with van der Waals surface area (Å²) in [7, 11) is 4.80. The molecule has 1 aliphatic heterocycles. The molecular formula is C24H25NO5. The van der Waals surface area contributed by atoms with E-state index in [9.17, 15) is 9.59 Å². The number of carbonyl (C=O) groups excluding carboxylic acids is 2. The van der Waals surface area contributed by atoms with Crippen LogP contribution in [-0.2, 0) is 9.59 Å². The zero-order chi connectivity index (χ0) is 21.3. The van der Waals surface area contributed by atoms with Crippen molar-refractivity contribution in [2.45, 2.75) is 31.1 Å². The number of carbonyl (C=O) groups is 2. The Balaban J connectivity index is 1.72. The van der Waals surface area contributed by atoms with Crippen molar-refractivity contribution in [1.29, 1.82) is 0 Å². The number of methoxy groups -OCH3 is 3. The topological polar surface area (TPSA) is 73.9 Å². The summed E-state index contributed by atoms with van der Waals surface area (Å²) in [6.07, 6.45) is 1.23. The van der Waals surface area contributed by atoms with E-state index in [1.165, 1.54) is 0 Å². The second kappa shape index (κ2) is 8.22. The molecule has 0 bridgehead atoms. The summed E-state index contributed by atoms with van der Waals surface area (Å²) in [6, 6.07) is 13.3. The van der Waals surface area contributed by atoms with E-state index >= 15 is 0 Å². The first-order chi connectivity index (χ1) is 14.5. The lowest BCUT2D eigenvalue weighted by Crippen LogP contribution is -2.38. The van der Waals surface area contributed by atoms with E-state index in [-0.39, 0.29) is 29.9 Å². The molecule has 0 unspecified atom stereocenters. The first-order valence-electron chi connectivity index (χ1n) is 9.96. The summed E-state index contributed by atoms with van der Waals surface area (Å²) in [5.74, 6) is 1.69. The van der Waals surface area contributed by atoms with Crippen LogP contribution in [0.2, 0.25) is 0 Å². The Bertz CT molecular complexity index is 1030. The van der Waals surface area contributed by atoms with Crippen LogP contribution in [0.1, 0.15) is 42.2 Å². The van der Waals surface area contributed by atoms with Gasteiger partial charge in [-0.2, -0.15) is 0 Å². The van der Waals surface area contributed by atoms with Gasteiger partial charge in [-0.1, -0.05) is 18.2 Å². The predicted molar refractivity (Wildman–Crippen MR) is 112 cm³/mol. The van der Waals surface area contributed by atoms with Gasteiger partial charge in [-0.25, -0.2) is 0 Å². The highest BCUT2D eigenvalue weighted by Gasteiger charge is 2.39. The third-order valence-electron chi connectivity index (χ3n) is 5.92. The molecule has 0 saturated carbocycles. The van der Waals surface area contributed by atoms with Gasteiger partial charge in [0, 0.05) is 41.7 Å². The Kier molecular flexibility index (Phi) is 5.48. The smallest absolute Gasteiger partial charge is 0.225 e. The first kappa shape index (κ1) is 20.0.